The minimum Gasteiger partial charge on any atom is -0.353 e. The second kappa shape index (κ2) is 8.61. The number of guanidine groups is 2. The Kier molecular flexibility index (Phi) is 5.37. The Labute approximate surface area is 184 Å². The molecule has 0 spiro atoms. The molecule has 3 aromatic rings. The summed E-state index contributed by atoms with van der Waals surface area (Å²) in [5.41, 5.74) is 7.86. The fourth-order valence-electron chi connectivity index (χ4n) is 3.79. The van der Waals surface area contributed by atoms with Crippen LogP contribution in [0.2, 0.25) is 5.02 Å². The van der Waals surface area contributed by atoms with Gasteiger partial charge in [-0.1, -0.05) is 48.0 Å². The molecular formula is C22H21ClN8. The normalized spacial score (nSPS) is 16.0. The largest absolute Gasteiger partial charge is 0.353 e. The number of rotatable bonds is 4. The summed E-state index contributed by atoms with van der Waals surface area (Å²) in [5.74, 6) is 1.36. The molecule has 0 aromatic heterocycles. The number of aliphatic imine (C=N–C) groups is 2. The summed E-state index contributed by atoms with van der Waals surface area (Å²) in [4.78, 5) is 8.61. The lowest BCUT2D eigenvalue weighted by molar-refractivity contribution is 0.920. The number of benzene rings is 3. The maximum Gasteiger partial charge on any atom is 0.212 e. The molecule has 9 heteroatoms. The Morgan fingerprint density at radius 2 is 1.35 bits per heavy atom. The molecule has 2 aliphatic rings. The first-order valence-electron chi connectivity index (χ1n) is 10.1. The predicted octanol–water partition coefficient (Wildman–Crippen LogP) is 2.41. The monoisotopic (exact) mass is 432 g/mol. The minimum absolute atomic E-state index is 0.658. The zero-order valence-electron chi connectivity index (χ0n) is 16.7. The van der Waals surface area contributed by atoms with Crippen molar-refractivity contribution >= 4 is 57.5 Å². The van der Waals surface area contributed by atoms with Crippen LogP contribution in [0.4, 0.5) is 0 Å². The van der Waals surface area contributed by atoms with Crippen molar-refractivity contribution in [3.63, 3.8) is 0 Å². The number of hydrogen-bond donors (Lipinski definition) is 4. The highest BCUT2D eigenvalue weighted by Gasteiger charge is 2.14. The van der Waals surface area contributed by atoms with E-state index in [2.05, 4.69) is 53.8 Å². The molecule has 0 fully saturated rings. The zero-order valence-corrected chi connectivity index (χ0v) is 17.4. The van der Waals surface area contributed by atoms with Crippen molar-refractivity contribution in [3.05, 3.63) is 58.6 Å². The summed E-state index contributed by atoms with van der Waals surface area (Å²) >= 11 is 6.67. The number of halogens is 1. The molecule has 3 aromatic carbocycles. The highest BCUT2D eigenvalue weighted by Crippen LogP contribution is 2.35. The van der Waals surface area contributed by atoms with E-state index in [4.69, 9.17) is 11.6 Å². The molecule has 0 radical (unpaired) electrons. The van der Waals surface area contributed by atoms with Gasteiger partial charge < -0.3 is 10.6 Å². The summed E-state index contributed by atoms with van der Waals surface area (Å²) in [6.45, 7) is 3.14. The van der Waals surface area contributed by atoms with Gasteiger partial charge in [0.25, 0.3) is 0 Å². The van der Waals surface area contributed by atoms with Crippen LogP contribution in [-0.2, 0) is 0 Å². The summed E-state index contributed by atoms with van der Waals surface area (Å²) in [7, 11) is 0. The van der Waals surface area contributed by atoms with E-state index in [1.165, 1.54) is 0 Å². The predicted molar refractivity (Wildman–Crippen MR) is 129 cm³/mol. The Bertz CT molecular complexity index is 1260. The van der Waals surface area contributed by atoms with Gasteiger partial charge in [0.05, 0.1) is 25.5 Å². The van der Waals surface area contributed by atoms with E-state index in [0.29, 0.717) is 16.9 Å². The van der Waals surface area contributed by atoms with Crippen LogP contribution in [0.3, 0.4) is 0 Å². The maximum absolute atomic E-state index is 6.67. The van der Waals surface area contributed by atoms with Gasteiger partial charge in [0.2, 0.25) is 11.9 Å². The van der Waals surface area contributed by atoms with E-state index in [-0.39, 0.29) is 0 Å². The first kappa shape index (κ1) is 19.3. The Morgan fingerprint density at radius 3 is 1.97 bits per heavy atom. The second-order valence-corrected chi connectivity index (χ2v) is 7.50. The van der Waals surface area contributed by atoms with Crippen LogP contribution in [-0.4, -0.2) is 50.5 Å². The first-order chi connectivity index (χ1) is 15.3. The third-order valence-corrected chi connectivity index (χ3v) is 5.47. The molecular weight excluding hydrogens is 412 g/mol. The van der Waals surface area contributed by atoms with Gasteiger partial charge in [-0.15, -0.1) is 0 Å². The number of hydrazone groups is 2. The van der Waals surface area contributed by atoms with E-state index in [1.807, 2.05) is 36.5 Å². The molecule has 0 amide bonds. The van der Waals surface area contributed by atoms with Crippen LogP contribution in [0.1, 0.15) is 11.1 Å². The highest BCUT2D eigenvalue weighted by atomic mass is 35.5. The van der Waals surface area contributed by atoms with Gasteiger partial charge in [0, 0.05) is 34.6 Å². The Morgan fingerprint density at radius 1 is 0.774 bits per heavy atom. The molecule has 2 aliphatic heterocycles. The van der Waals surface area contributed by atoms with Crippen LogP contribution in [0.5, 0.6) is 0 Å². The average molecular weight is 433 g/mol. The van der Waals surface area contributed by atoms with Crippen LogP contribution in [0.25, 0.3) is 21.5 Å². The van der Waals surface area contributed by atoms with Crippen molar-refractivity contribution in [1.29, 1.82) is 0 Å². The van der Waals surface area contributed by atoms with E-state index in [0.717, 1.165) is 58.9 Å². The van der Waals surface area contributed by atoms with Crippen LogP contribution >= 0.6 is 11.6 Å². The van der Waals surface area contributed by atoms with Crippen molar-refractivity contribution in [1.82, 2.24) is 21.5 Å². The molecule has 2 heterocycles. The molecule has 0 saturated heterocycles. The van der Waals surface area contributed by atoms with Gasteiger partial charge in [0.1, 0.15) is 0 Å². The van der Waals surface area contributed by atoms with Crippen molar-refractivity contribution < 1.29 is 0 Å². The Balaban J connectivity index is 1.63. The lowest BCUT2D eigenvalue weighted by Gasteiger charge is -2.13. The quantitative estimate of drug-likeness (QED) is 0.289. The fourth-order valence-corrected chi connectivity index (χ4v) is 4.07. The van der Waals surface area contributed by atoms with E-state index in [9.17, 15) is 0 Å². The summed E-state index contributed by atoms with van der Waals surface area (Å²) in [6.07, 6.45) is 3.62. The van der Waals surface area contributed by atoms with Crippen LogP contribution in [0, 0.1) is 0 Å². The average Bonchev–Trinajstić information content (AvgIpc) is 3.49. The van der Waals surface area contributed by atoms with Crippen molar-refractivity contribution in [2.24, 2.45) is 20.2 Å². The van der Waals surface area contributed by atoms with Gasteiger partial charge in [-0.25, -0.2) is 20.8 Å². The molecule has 0 bridgehead atoms. The molecule has 5 rings (SSSR count). The molecule has 0 unspecified atom stereocenters. The van der Waals surface area contributed by atoms with Gasteiger partial charge >= 0.3 is 0 Å². The Hall–Kier alpha value is -3.65. The zero-order chi connectivity index (χ0) is 21.0. The lowest BCUT2D eigenvalue weighted by Crippen LogP contribution is -2.30. The smallest absolute Gasteiger partial charge is 0.212 e. The molecule has 31 heavy (non-hydrogen) atoms. The summed E-state index contributed by atoms with van der Waals surface area (Å²) < 4.78 is 0. The van der Waals surface area contributed by atoms with Gasteiger partial charge in [-0.2, -0.15) is 10.2 Å². The molecule has 156 valence electrons. The third-order valence-electron chi connectivity index (χ3n) is 5.16. The SMILES string of the molecule is Clc1cccc2c(/C=N/NC3=NCCN3)c3ccccc3c(/C=N/NC3=NCCN3)c12. The van der Waals surface area contributed by atoms with Crippen molar-refractivity contribution in [2.45, 2.75) is 0 Å². The first-order valence-corrected chi connectivity index (χ1v) is 10.5. The third kappa shape index (κ3) is 3.89. The van der Waals surface area contributed by atoms with E-state index in [1.54, 1.807) is 6.21 Å². The highest BCUT2D eigenvalue weighted by molar-refractivity contribution is 6.38. The molecule has 0 atom stereocenters. The van der Waals surface area contributed by atoms with Gasteiger partial charge in [-0.05, 0) is 22.2 Å². The van der Waals surface area contributed by atoms with E-state index < -0.39 is 0 Å². The standard InChI is InChI=1S/C22H21ClN8/c23-19-7-3-6-16-17(12-28-30-21-24-8-9-25-21)14-4-1-2-5-15(14)18(20(16)19)13-29-31-22-26-10-11-27-22/h1-7,12-13H,8-11H2,(H2,24,25,30)(H2,26,27,31)/b28-12+,29-13+. The fraction of sp³-hybridized carbons (Fsp3) is 0.182. The number of fused-ring (bicyclic) bond motifs is 2. The number of nitrogens with zero attached hydrogens (tertiary/aromatic N) is 4. The topological polar surface area (TPSA) is 97.6 Å². The van der Waals surface area contributed by atoms with Crippen molar-refractivity contribution in [3.8, 4) is 0 Å². The second-order valence-electron chi connectivity index (χ2n) is 7.09. The van der Waals surface area contributed by atoms with Crippen molar-refractivity contribution in [2.75, 3.05) is 26.2 Å². The number of nitrogens with one attached hydrogen (secondary N) is 4. The van der Waals surface area contributed by atoms with Crippen LogP contribution in [0.15, 0.2) is 62.7 Å². The molecule has 0 aliphatic carbocycles. The maximum atomic E-state index is 6.67. The minimum atomic E-state index is 0.658. The molecule has 8 nitrogen and oxygen atoms in total. The van der Waals surface area contributed by atoms with Gasteiger partial charge in [-0.3, -0.25) is 0 Å². The molecule has 4 N–H and O–H groups in total. The van der Waals surface area contributed by atoms with E-state index >= 15 is 0 Å². The van der Waals surface area contributed by atoms with Gasteiger partial charge in [0.15, 0.2) is 0 Å². The molecule has 0 saturated carbocycles. The lowest BCUT2D eigenvalue weighted by atomic mass is 9.92. The van der Waals surface area contributed by atoms with Crippen LogP contribution < -0.4 is 21.5 Å². The number of hydrogen-bond acceptors (Lipinski definition) is 8. The summed E-state index contributed by atoms with van der Waals surface area (Å²) in [5, 5.41) is 19.8. The summed E-state index contributed by atoms with van der Waals surface area (Å²) in [6, 6.07) is 14.1.